The van der Waals surface area contributed by atoms with Gasteiger partial charge in [-0.3, -0.25) is 4.79 Å². The quantitative estimate of drug-likeness (QED) is 0.587. The molecule has 1 rings (SSSR count). The molecule has 0 N–H and O–H groups in total. The lowest BCUT2D eigenvalue weighted by atomic mass is 10.2. The Labute approximate surface area is 118 Å². The van der Waals surface area contributed by atoms with Crippen LogP contribution in [0.1, 0.15) is 13.3 Å². The van der Waals surface area contributed by atoms with Crippen LogP contribution in [-0.2, 0) is 9.53 Å². The molecule has 0 amide bonds. The van der Waals surface area contributed by atoms with E-state index in [0.717, 1.165) is 4.21 Å². The zero-order valence-electron chi connectivity index (χ0n) is 9.61. The predicted octanol–water partition coefficient (Wildman–Crippen LogP) is 3.93. The fourth-order valence-electron chi connectivity index (χ4n) is 1.30. The van der Waals surface area contributed by atoms with Crippen molar-refractivity contribution < 1.29 is 9.53 Å². The van der Waals surface area contributed by atoms with E-state index in [0.29, 0.717) is 0 Å². The molecule has 0 spiro atoms. The third-order valence-corrected chi connectivity index (χ3v) is 6.90. The van der Waals surface area contributed by atoms with E-state index in [1.54, 1.807) is 11.3 Å². The Balaban J connectivity index is 2.91. The van der Waals surface area contributed by atoms with Crippen molar-refractivity contribution in [1.29, 1.82) is 0 Å². The summed E-state index contributed by atoms with van der Waals surface area (Å²) in [6.45, 7) is 1.49. The molecule has 0 aliphatic carbocycles. The van der Waals surface area contributed by atoms with Gasteiger partial charge in [0.1, 0.15) is 11.9 Å². The highest BCUT2D eigenvalue weighted by molar-refractivity contribution is 8.18. The third-order valence-electron chi connectivity index (χ3n) is 2.20. The molecule has 17 heavy (non-hydrogen) atoms. The average molecular weight is 313 g/mol. The number of ketones is 1. The van der Waals surface area contributed by atoms with Crippen molar-refractivity contribution in [3.63, 3.8) is 0 Å². The summed E-state index contributed by atoms with van der Waals surface area (Å²) < 4.78 is 5.04. The lowest BCUT2D eigenvalue weighted by molar-refractivity contribution is -0.119. The second-order valence-corrected chi connectivity index (χ2v) is 8.42. The van der Waals surface area contributed by atoms with Gasteiger partial charge in [0, 0.05) is 13.5 Å². The van der Waals surface area contributed by atoms with Gasteiger partial charge < -0.3 is 4.74 Å². The first kappa shape index (κ1) is 15.2. The third kappa shape index (κ3) is 3.80. The average Bonchev–Trinajstić information content (AvgIpc) is 2.77. The Morgan fingerprint density at radius 1 is 1.71 bits per heavy atom. The largest absolute Gasteiger partial charge is 0.377 e. The summed E-state index contributed by atoms with van der Waals surface area (Å²) in [4.78, 5) is 11.2. The number of rotatable bonds is 6. The molecule has 0 aliphatic heterocycles. The lowest BCUT2D eigenvalue weighted by Gasteiger charge is -2.30. The first-order chi connectivity index (χ1) is 7.89. The Bertz CT molecular complexity index is 402. The SMILES string of the molecule is C=S(c1cccs1)C(Cl)(Cl)C(CC(C)=O)OC. The number of ether oxygens (including phenoxy) is 1. The van der Waals surface area contributed by atoms with Crippen molar-refractivity contribution in [2.75, 3.05) is 7.11 Å². The van der Waals surface area contributed by atoms with Crippen LogP contribution in [0, 0.1) is 0 Å². The summed E-state index contributed by atoms with van der Waals surface area (Å²) in [6, 6.07) is 3.85. The molecule has 0 radical (unpaired) electrons. The highest BCUT2D eigenvalue weighted by atomic mass is 35.5. The van der Waals surface area contributed by atoms with Crippen LogP contribution in [0.25, 0.3) is 0 Å². The lowest BCUT2D eigenvalue weighted by Crippen LogP contribution is -2.32. The van der Waals surface area contributed by atoms with Gasteiger partial charge in [-0.1, -0.05) is 35.1 Å². The van der Waals surface area contributed by atoms with Gasteiger partial charge in [0.25, 0.3) is 0 Å². The molecule has 2 atom stereocenters. The topological polar surface area (TPSA) is 26.3 Å². The first-order valence-corrected chi connectivity index (χ1v) is 7.90. The number of carbonyl (C=O) groups excluding carboxylic acids is 1. The maximum Gasteiger partial charge on any atom is 0.189 e. The van der Waals surface area contributed by atoms with Crippen molar-refractivity contribution in [2.24, 2.45) is 0 Å². The van der Waals surface area contributed by atoms with Gasteiger partial charge in [0.2, 0.25) is 0 Å². The van der Waals surface area contributed by atoms with Crippen molar-refractivity contribution >= 4 is 56.7 Å². The second kappa shape index (κ2) is 6.34. The number of hydrogen-bond donors (Lipinski definition) is 0. The fraction of sp³-hybridized carbons (Fsp3) is 0.455. The summed E-state index contributed by atoms with van der Waals surface area (Å²) in [5, 5.41) is 1.94. The highest BCUT2D eigenvalue weighted by Gasteiger charge is 2.39. The van der Waals surface area contributed by atoms with Crippen LogP contribution in [0.5, 0.6) is 0 Å². The Kier molecular flexibility index (Phi) is 5.67. The molecule has 96 valence electrons. The summed E-state index contributed by atoms with van der Waals surface area (Å²) in [7, 11) is 0.862. The number of hydrogen-bond acceptors (Lipinski definition) is 3. The maximum absolute atomic E-state index is 11.2. The van der Waals surface area contributed by atoms with Gasteiger partial charge in [-0.2, -0.15) is 0 Å². The van der Waals surface area contributed by atoms with Gasteiger partial charge in [-0.25, -0.2) is 0 Å². The molecule has 1 aromatic rings. The van der Waals surface area contributed by atoms with Crippen LogP contribution >= 0.6 is 45.0 Å². The molecule has 0 aliphatic rings. The predicted molar refractivity (Wildman–Crippen MR) is 77.8 cm³/mol. The fourth-order valence-corrected chi connectivity index (χ4v) is 4.88. The minimum atomic E-state index is -1.19. The normalized spacial score (nSPS) is 15.5. The molecule has 1 aromatic heterocycles. The minimum Gasteiger partial charge on any atom is -0.377 e. The van der Waals surface area contributed by atoms with Gasteiger partial charge >= 0.3 is 0 Å². The molecule has 0 saturated heterocycles. The molecule has 2 nitrogen and oxygen atoms in total. The van der Waals surface area contributed by atoms with Crippen molar-refractivity contribution in [1.82, 2.24) is 0 Å². The molecule has 0 aromatic carbocycles. The molecule has 0 fully saturated rings. The number of alkyl halides is 2. The van der Waals surface area contributed by atoms with Crippen LogP contribution in [0.4, 0.5) is 0 Å². The molecule has 1 heterocycles. The summed E-state index contributed by atoms with van der Waals surface area (Å²) in [5.74, 6) is 4.00. The first-order valence-electron chi connectivity index (χ1n) is 4.87. The van der Waals surface area contributed by atoms with Crippen LogP contribution in [0.2, 0.25) is 0 Å². The van der Waals surface area contributed by atoms with Crippen LogP contribution in [0.15, 0.2) is 21.7 Å². The molecule has 0 bridgehead atoms. The number of halogens is 2. The molecule has 2 unspecified atom stereocenters. The van der Waals surface area contributed by atoms with E-state index >= 15 is 0 Å². The second-order valence-electron chi connectivity index (χ2n) is 3.52. The van der Waals surface area contributed by atoms with Crippen LogP contribution in [-0.4, -0.2) is 28.5 Å². The molecular weight excluding hydrogens is 299 g/mol. The van der Waals surface area contributed by atoms with E-state index in [9.17, 15) is 4.79 Å². The summed E-state index contributed by atoms with van der Waals surface area (Å²) >= 11 is 14.2. The highest BCUT2D eigenvalue weighted by Crippen LogP contribution is 2.50. The summed E-state index contributed by atoms with van der Waals surface area (Å²) in [6.07, 6.45) is -0.361. The van der Waals surface area contributed by atoms with Crippen molar-refractivity contribution in [3.8, 4) is 0 Å². The number of carbonyl (C=O) groups is 1. The van der Waals surface area contributed by atoms with Gasteiger partial charge in [-0.15, -0.1) is 21.8 Å². The van der Waals surface area contributed by atoms with Gasteiger partial charge in [0.15, 0.2) is 3.67 Å². The van der Waals surface area contributed by atoms with Crippen LogP contribution in [0.3, 0.4) is 0 Å². The Hall–Kier alpha value is 0.130. The molecule has 6 heteroatoms. The number of methoxy groups -OCH3 is 1. The van der Waals surface area contributed by atoms with Gasteiger partial charge in [0.05, 0.1) is 4.21 Å². The molecule has 0 saturated carbocycles. The van der Waals surface area contributed by atoms with E-state index in [1.165, 1.54) is 14.0 Å². The van der Waals surface area contributed by atoms with Gasteiger partial charge in [-0.05, 0) is 18.4 Å². The van der Waals surface area contributed by atoms with E-state index in [1.807, 2.05) is 17.5 Å². The molecular formula is C11H14Cl2O2S2. The van der Waals surface area contributed by atoms with Crippen LogP contribution < -0.4 is 0 Å². The van der Waals surface area contributed by atoms with E-state index in [4.69, 9.17) is 27.9 Å². The summed E-state index contributed by atoms with van der Waals surface area (Å²) in [5.41, 5.74) is 0. The van der Waals surface area contributed by atoms with Crippen molar-refractivity contribution in [3.05, 3.63) is 17.5 Å². The monoisotopic (exact) mass is 312 g/mol. The maximum atomic E-state index is 11.2. The van der Waals surface area contributed by atoms with E-state index in [-0.39, 0.29) is 12.2 Å². The number of Topliss-reactive ketones (excluding diaryl/α,β-unsaturated/α-hetero) is 1. The Morgan fingerprint density at radius 3 is 2.76 bits per heavy atom. The zero-order valence-corrected chi connectivity index (χ0v) is 12.8. The van der Waals surface area contributed by atoms with E-state index in [2.05, 4.69) is 5.87 Å². The van der Waals surface area contributed by atoms with Crippen molar-refractivity contribution in [2.45, 2.75) is 27.3 Å². The smallest absolute Gasteiger partial charge is 0.189 e. The Morgan fingerprint density at radius 2 is 2.35 bits per heavy atom. The van der Waals surface area contributed by atoms with E-state index < -0.39 is 20.3 Å². The number of thiophene rings is 1. The zero-order chi connectivity index (χ0) is 13.1. The standard InChI is InChI=1S/C11H14Cl2O2S2/c1-8(14)7-9(15-2)11(12,13)17(3)10-5-4-6-16-10/h4-6,9H,3,7H2,1-2H3. The minimum absolute atomic E-state index is 0.00861.